The maximum atomic E-state index is 8.89. The largest absolute Gasteiger partial charge is 0.396 e. The maximum absolute atomic E-state index is 8.89. The van der Waals surface area contributed by atoms with E-state index < -0.39 is 0 Å². The fraction of sp³-hybridized carbons (Fsp3) is 1.00. The van der Waals surface area contributed by atoms with Crippen LogP contribution in [0.1, 0.15) is 6.42 Å². The molecule has 3 heteroatoms. The Morgan fingerprint density at radius 2 is 2.50 bits per heavy atom. The lowest BCUT2D eigenvalue weighted by atomic mass is 10.1. The van der Waals surface area contributed by atoms with E-state index in [-0.39, 0.29) is 0 Å². The number of nitrogens with zero attached hydrogens (tertiary/aromatic N) is 1. The minimum atomic E-state index is 0.387. The monoisotopic (exact) mass is 159 g/mol. The molecule has 10 heavy (non-hydrogen) atoms. The van der Waals surface area contributed by atoms with Gasteiger partial charge in [-0.1, -0.05) is 0 Å². The third kappa shape index (κ3) is 1.06. The lowest BCUT2D eigenvalue weighted by Crippen LogP contribution is -2.23. The number of rotatable bonds is 1. The van der Waals surface area contributed by atoms with Gasteiger partial charge in [0.05, 0.1) is 0 Å². The van der Waals surface area contributed by atoms with Gasteiger partial charge in [-0.05, 0) is 12.3 Å². The molecule has 0 aromatic heterocycles. The van der Waals surface area contributed by atoms with Crippen LogP contribution in [0.15, 0.2) is 0 Å². The van der Waals surface area contributed by atoms with Gasteiger partial charge in [-0.25, -0.2) is 0 Å². The molecule has 0 aromatic carbocycles. The Balaban J connectivity index is 1.94. The molecule has 2 atom stereocenters. The van der Waals surface area contributed by atoms with Gasteiger partial charge in [0.1, 0.15) is 0 Å². The standard InChI is InChI=1S/C7H13NOS/c9-3-6-1-7-4-10-5-8(7)2-6/h6-7,9H,1-5H2/t6-,7-/m1/s1. The van der Waals surface area contributed by atoms with Crippen LogP contribution in [0.5, 0.6) is 0 Å². The molecule has 2 aliphatic heterocycles. The second kappa shape index (κ2) is 2.72. The number of hydrogen-bond donors (Lipinski definition) is 1. The summed E-state index contributed by atoms with van der Waals surface area (Å²) in [6.45, 7) is 1.52. The van der Waals surface area contributed by atoms with Crippen LogP contribution >= 0.6 is 11.8 Å². The Hall–Kier alpha value is 0.270. The van der Waals surface area contributed by atoms with Crippen LogP contribution in [0, 0.1) is 5.92 Å². The quantitative estimate of drug-likeness (QED) is 0.598. The molecule has 1 N–H and O–H groups in total. The van der Waals surface area contributed by atoms with Crippen molar-refractivity contribution in [3.05, 3.63) is 0 Å². The number of thioether (sulfide) groups is 1. The van der Waals surface area contributed by atoms with E-state index in [1.807, 2.05) is 11.8 Å². The first-order chi connectivity index (χ1) is 4.90. The fourth-order valence-electron chi connectivity index (χ4n) is 1.86. The van der Waals surface area contributed by atoms with Crippen LogP contribution in [-0.2, 0) is 0 Å². The fourth-order valence-corrected chi connectivity index (χ4v) is 3.13. The average Bonchev–Trinajstić information content (AvgIpc) is 2.42. The van der Waals surface area contributed by atoms with E-state index in [1.165, 1.54) is 18.1 Å². The van der Waals surface area contributed by atoms with Gasteiger partial charge in [-0.15, -0.1) is 11.8 Å². The van der Waals surface area contributed by atoms with Gasteiger partial charge in [0, 0.05) is 30.8 Å². The van der Waals surface area contributed by atoms with E-state index in [0.717, 1.165) is 12.6 Å². The summed E-state index contributed by atoms with van der Waals surface area (Å²) >= 11 is 2.02. The van der Waals surface area contributed by atoms with Crippen molar-refractivity contribution in [1.82, 2.24) is 4.90 Å². The zero-order chi connectivity index (χ0) is 6.97. The molecule has 0 unspecified atom stereocenters. The van der Waals surface area contributed by atoms with Gasteiger partial charge in [0.25, 0.3) is 0 Å². The van der Waals surface area contributed by atoms with Crippen molar-refractivity contribution in [3.63, 3.8) is 0 Å². The molecular weight excluding hydrogens is 146 g/mol. The van der Waals surface area contributed by atoms with Crippen molar-refractivity contribution in [2.75, 3.05) is 24.8 Å². The molecule has 0 aromatic rings. The summed E-state index contributed by atoms with van der Waals surface area (Å²) in [6, 6.07) is 0.794. The lowest BCUT2D eigenvalue weighted by Gasteiger charge is -2.11. The van der Waals surface area contributed by atoms with Gasteiger partial charge in [0.2, 0.25) is 0 Å². The van der Waals surface area contributed by atoms with Crippen molar-refractivity contribution in [1.29, 1.82) is 0 Å². The van der Waals surface area contributed by atoms with Gasteiger partial charge < -0.3 is 5.11 Å². The van der Waals surface area contributed by atoms with Crippen LogP contribution in [0.4, 0.5) is 0 Å². The van der Waals surface area contributed by atoms with Crippen LogP contribution in [0.2, 0.25) is 0 Å². The summed E-state index contributed by atoms with van der Waals surface area (Å²) in [5.74, 6) is 3.06. The Labute approximate surface area is 65.6 Å². The molecule has 0 spiro atoms. The Morgan fingerprint density at radius 1 is 1.60 bits per heavy atom. The highest BCUT2D eigenvalue weighted by Crippen LogP contribution is 2.32. The highest BCUT2D eigenvalue weighted by atomic mass is 32.2. The minimum Gasteiger partial charge on any atom is -0.396 e. The van der Waals surface area contributed by atoms with E-state index in [2.05, 4.69) is 4.90 Å². The van der Waals surface area contributed by atoms with Crippen LogP contribution in [0.25, 0.3) is 0 Å². The summed E-state index contributed by atoms with van der Waals surface area (Å²) in [6.07, 6.45) is 1.23. The molecule has 58 valence electrons. The molecule has 2 aliphatic rings. The van der Waals surface area contributed by atoms with Crippen molar-refractivity contribution in [2.45, 2.75) is 12.5 Å². The molecule has 2 saturated heterocycles. The van der Waals surface area contributed by atoms with E-state index in [9.17, 15) is 0 Å². The first kappa shape index (κ1) is 6.95. The maximum Gasteiger partial charge on any atom is 0.0472 e. The summed E-state index contributed by atoms with van der Waals surface area (Å²) in [5, 5.41) is 8.89. The second-order valence-corrected chi connectivity index (χ2v) is 4.21. The Morgan fingerprint density at radius 3 is 3.20 bits per heavy atom. The van der Waals surface area contributed by atoms with Gasteiger partial charge in [-0.3, -0.25) is 4.90 Å². The number of hydrogen-bond acceptors (Lipinski definition) is 3. The van der Waals surface area contributed by atoms with E-state index in [1.54, 1.807) is 0 Å². The molecule has 2 nitrogen and oxygen atoms in total. The van der Waals surface area contributed by atoms with Crippen molar-refractivity contribution >= 4 is 11.8 Å². The molecule has 0 bridgehead atoms. The van der Waals surface area contributed by atoms with Gasteiger partial charge in [0.15, 0.2) is 0 Å². The predicted molar refractivity (Wildman–Crippen MR) is 43.0 cm³/mol. The smallest absolute Gasteiger partial charge is 0.0472 e. The highest BCUT2D eigenvalue weighted by Gasteiger charge is 2.34. The summed E-state index contributed by atoms with van der Waals surface area (Å²) in [5.41, 5.74) is 0. The molecular formula is C7H13NOS. The topological polar surface area (TPSA) is 23.5 Å². The molecule has 0 radical (unpaired) electrons. The molecule has 2 fully saturated rings. The minimum absolute atomic E-state index is 0.387. The zero-order valence-corrected chi connectivity index (χ0v) is 6.81. The van der Waals surface area contributed by atoms with Crippen molar-refractivity contribution in [2.24, 2.45) is 5.92 Å². The zero-order valence-electron chi connectivity index (χ0n) is 5.99. The molecule has 0 amide bonds. The first-order valence-electron chi connectivity index (χ1n) is 3.83. The number of fused-ring (bicyclic) bond motifs is 1. The summed E-state index contributed by atoms with van der Waals surface area (Å²) in [7, 11) is 0. The van der Waals surface area contributed by atoms with Crippen molar-refractivity contribution in [3.8, 4) is 0 Å². The van der Waals surface area contributed by atoms with Crippen LogP contribution in [-0.4, -0.2) is 40.8 Å². The normalized spacial score (nSPS) is 40.5. The molecule has 2 rings (SSSR count). The second-order valence-electron chi connectivity index (χ2n) is 3.21. The van der Waals surface area contributed by atoms with Crippen molar-refractivity contribution < 1.29 is 5.11 Å². The molecule has 0 saturated carbocycles. The van der Waals surface area contributed by atoms with E-state index in [4.69, 9.17) is 5.11 Å². The first-order valence-corrected chi connectivity index (χ1v) is 4.98. The summed E-state index contributed by atoms with van der Waals surface area (Å²) in [4.78, 5) is 2.49. The van der Waals surface area contributed by atoms with Crippen LogP contribution < -0.4 is 0 Å². The molecule has 2 heterocycles. The average molecular weight is 159 g/mol. The lowest BCUT2D eigenvalue weighted by molar-refractivity contribution is 0.227. The Bertz CT molecular complexity index is 119. The van der Waals surface area contributed by atoms with Gasteiger partial charge in [-0.2, -0.15) is 0 Å². The SMILES string of the molecule is OC[C@@H]1C[C@@H]2CSCN2C1. The Kier molecular flexibility index (Phi) is 1.89. The highest BCUT2D eigenvalue weighted by molar-refractivity contribution is 7.99. The third-order valence-electron chi connectivity index (χ3n) is 2.44. The van der Waals surface area contributed by atoms with E-state index in [0.29, 0.717) is 12.5 Å². The number of aliphatic hydroxyl groups is 1. The van der Waals surface area contributed by atoms with E-state index >= 15 is 0 Å². The number of aliphatic hydroxyl groups excluding tert-OH is 1. The van der Waals surface area contributed by atoms with Crippen LogP contribution in [0.3, 0.4) is 0 Å². The molecule has 0 aliphatic carbocycles. The third-order valence-corrected chi connectivity index (χ3v) is 3.57. The predicted octanol–water partition coefficient (Wildman–Crippen LogP) is 0.373. The van der Waals surface area contributed by atoms with Gasteiger partial charge >= 0.3 is 0 Å². The summed E-state index contributed by atoms with van der Waals surface area (Å²) < 4.78 is 0.